The fourth-order valence-electron chi connectivity index (χ4n) is 4.88. The Bertz CT molecular complexity index is 1310. The lowest BCUT2D eigenvalue weighted by Gasteiger charge is -2.23. The summed E-state index contributed by atoms with van der Waals surface area (Å²) < 4.78 is 18.1. The minimum absolute atomic E-state index is 0.201. The average molecular weight is 461 g/mol. The van der Waals surface area contributed by atoms with Gasteiger partial charge in [-0.3, -0.25) is 4.79 Å². The predicted octanol–water partition coefficient (Wildman–Crippen LogP) is 4.70. The number of nitriles is 1. The topological polar surface area (TPSA) is 93.7 Å². The van der Waals surface area contributed by atoms with E-state index < -0.39 is 0 Å². The molecule has 0 radical (unpaired) electrons. The van der Waals surface area contributed by atoms with E-state index >= 15 is 0 Å². The van der Waals surface area contributed by atoms with E-state index in [1.54, 1.807) is 14.2 Å². The lowest BCUT2D eigenvalue weighted by molar-refractivity contribution is -0.140. The molecular weight excluding hydrogens is 432 g/mol. The van der Waals surface area contributed by atoms with E-state index in [2.05, 4.69) is 10.6 Å². The van der Waals surface area contributed by atoms with Crippen molar-refractivity contribution in [2.75, 3.05) is 21.3 Å². The monoisotopic (exact) mass is 460 g/mol. The second-order valence-corrected chi connectivity index (χ2v) is 8.46. The molecule has 2 heterocycles. The highest BCUT2D eigenvalue weighted by atomic mass is 16.5. The molecule has 1 aromatic heterocycles. The molecular formula is C27H28N2O5. The number of hydrogen-bond donors (Lipinski definition) is 1. The number of carbonyl (C=O) groups is 1. The number of aromatic nitrogens is 1. The zero-order valence-electron chi connectivity index (χ0n) is 20.1. The Balaban J connectivity index is 2.03. The molecule has 0 atom stereocenters. The van der Waals surface area contributed by atoms with Gasteiger partial charge in [0, 0.05) is 23.4 Å². The minimum atomic E-state index is -0.305. The van der Waals surface area contributed by atoms with Gasteiger partial charge in [0.1, 0.15) is 11.8 Å². The molecule has 0 fully saturated rings. The van der Waals surface area contributed by atoms with E-state index in [4.69, 9.17) is 14.2 Å². The molecule has 0 saturated carbocycles. The smallest absolute Gasteiger partial charge is 0.305 e. The predicted molar refractivity (Wildman–Crippen MR) is 128 cm³/mol. The van der Waals surface area contributed by atoms with Crippen LogP contribution in [0.3, 0.4) is 0 Å². The van der Waals surface area contributed by atoms with E-state index in [9.17, 15) is 15.2 Å². The van der Waals surface area contributed by atoms with Crippen molar-refractivity contribution in [1.29, 1.82) is 5.26 Å². The Morgan fingerprint density at radius 1 is 1.09 bits per heavy atom. The van der Waals surface area contributed by atoms with E-state index in [-0.39, 0.29) is 18.1 Å². The number of methoxy groups -OCH3 is 3. The van der Waals surface area contributed by atoms with Gasteiger partial charge in [0.25, 0.3) is 0 Å². The van der Waals surface area contributed by atoms with Gasteiger partial charge in [-0.15, -0.1) is 0 Å². The van der Waals surface area contributed by atoms with Crippen LogP contribution in [0.1, 0.15) is 34.4 Å². The first-order valence-corrected chi connectivity index (χ1v) is 11.1. The largest absolute Gasteiger partial charge is 0.507 e. The number of aromatic hydroxyl groups is 1. The summed E-state index contributed by atoms with van der Waals surface area (Å²) in [5.41, 5.74) is 7.33. The summed E-state index contributed by atoms with van der Waals surface area (Å²) in [6, 6.07) is 10.1. The van der Waals surface area contributed by atoms with E-state index in [0.29, 0.717) is 30.0 Å². The molecule has 0 aliphatic carbocycles. The van der Waals surface area contributed by atoms with Crippen molar-refractivity contribution < 1.29 is 24.1 Å². The van der Waals surface area contributed by atoms with Crippen LogP contribution in [0, 0.1) is 25.2 Å². The van der Waals surface area contributed by atoms with Crippen molar-refractivity contribution in [3.05, 3.63) is 52.2 Å². The number of benzene rings is 2. The van der Waals surface area contributed by atoms with Crippen molar-refractivity contribution >= 4 is 5.97 Å². The Kier molecular flexibility index (Phi) is 6.25. The number of nitrogens with zero attached hydrogens (tertiary/aromatic N) is 2. The minimum Gasteiger partial charge on any atom is -0.507 e. The normalized spacial score (nSPS) is 11.9. The molecule has 0 spiro atoms. The van der Waals surface area contributed by atoms with Gasteiger partial charge < -0.3 is 23.9 Å². The number of aryl methyl sites for hydroxylation is 3. The third kappa shape index (κ3) is 3.75. The zero-order valence-corrected chi connectivity index (χ0v) is 20.1. The first-order valence-electron chi connectivity index (χ1n) is 11.1. The van der Waals surface area contributed by atoms with Gasteiger partial charge in [-0.05, 0) is 73.2 Å². The highest BCUT2D eigenvalue weighted by Gasteiger charge is 2.30. The average Bonchev–Trinajstić information content (AvgIpc) is 3.18. The van der Waals surface area contributed by atoms with Crippen LogP contribution in [-0.2, 0) is 28.9 Å². The van der Waals surface area contributed by atoms with E-state index in [1.807, 2.05) is 38.1 Å². The number of carbonyl (C=O) groups excluding carboxylic acids is 1. The highest BCUT2D eigenvalue weighted by molar-refractivity contribution is 5.87. The fourth-order valence-corrected chi connectivity index (χ4v) is 4.88. The number of hydrogen-bond acceptors (Lipinski definition) is 6. The molecule has 3 aromatic rings. The quantitative estimate of drug-likeness (QED) is 0.536. The molecule has 2 aromatic carbocycles. The first kappa shape index (κ1) is 23.2. The number of phenols is 1. The third-order valence-electron chi connectivity index (χ3n) is 6.53. The Morgan fingerprint density at radius 2 is 1.74 bits per heavy atom. The lowest BCUT2D eigenvalue weighted by atomic mass is 9.92. The van der Waals surface area contributed by atoms with Gasteiger partial charge >= 0.3 is 5.97 Å². The summed E-state index contributed by atoms with van der Waals surface area (Å²) in [5, 5.41) is 20.7. The maximum atomic E-state index is 12.0. The van der Waals surface area contributed by atoms with Crippen molar-refractivity contribution in [2.45, 2.75) is 39.7 Å². The van der Waals surface area contributed by atoms with Crippen molar-refractivity contribution in [3.63, 3.8) is 0 Å². The van der Waals surface area contributed by atoms with E-state index in [0.717, 1.165) is 51.2 Å². The number of esters is 1. The summed E-state index contributed by atoms with van der Waals surface area (Å²) in [4.78, 5) is 12.0. The van der Waals surface area contributed by atoms with Gasteiger partial charge in [-0.25, -0.2) is 0 Å². The van der Waals surface area contributed by atoms with Crippen LogP contribution in [0.2, 0.25) is 0 Å². The van der Waals surface area contributed by atoms with Crippen LogP contribution in [0.4, 0.5) is 0 Å². The summed E-state index contributed by atoms with van der Waals surface area (Å²) in [5.74, 6) is 1.18. The molecule has 1 aliphatic heterocycles. The maximum absolute atomic E-state index is 12.0. The van der Waals surface area contributed by atoms with Crippen LogP contribution in [-0.4, -0.2) is 37.0 Å². The maximum Gasteiger partial charge on any atom is 0.305 e. The second kappa shape index (κ2) is 9.14. The van der Waals surface area contributed by atoms with Crippen LogP contribution in [0.15, 0.2) is 24.3 Å². The van der Waals surface area contributed by atoms with Gasteiger partial charge in [0.2, 0.25) is 0 Å². The van der Waals surface area contributed by atoms with Crippen molar-refractivity contribution in [3.8, 4) is 45.7 Å². The highest BCUT2D eigenvalue weighted by Crippen LogP contribution is 2.46. The molecule has 0 bridgehead atoms. The van der Waals surface area contributed by atoms with Crippen LogP contribution < -0.4 is 9.47 Å². The summed E-state index contributed by atoms with van der Waals surface area (Å²) in [7, 11) is 4.57. The number of ether oxygens (including phenoxy) is 3. The molecule has 0 saturated heterocycles. The Hall–Kier alpha value is -3.92. The molecule has 7 nitrogen and oxygen atoms in total. The Morgan fingerprint density at radius 3 is 2.32 bits per heavy atom. The molecule has 4 rings (SSSR count). The first-order chi connectivity index (χ1) is 16.3. The molecule has 1 N–H and O–H groups in total. The second-order valence-electron chi connectivity index (χ2n) is 8.46. The van der Waals surface area contributed by atoms with Gasteiger partial charge in [0.05, 0.1) is 39.0 Å². The molecule has 1 aliphatic rings. The van der Waals surface area contributed by atoms with Gasteiger partial charge in [-0.1, -0.05) is 0 Å². The lowest BCUT2D eigenvalue weighted by Crippen LogP contribution is -2.15. The molecule has 0 unspecified atom stereocenters. The fraction of sp³-hybridized carbons (Fsp3) is 0.333. The van der Waals surface area contributed by atoms with Crippen molar-refractivity contribution in [1.82, 2.24) is 4.57 Å². The third-order valence-corrected chi connectivity index (χ3v) is 6.53. The number of fused-ring (bicyclic) bond motifs is 3. The zero-order chi connectivity index (χ0) is 24.6. The van der Waals surface area contributed by atoms with Crippen LogP contribution in [0.25, 0.3) is 22.4 Å². The number of phenolic OH excluding ortho intramolecular Hbond substituents is 1. The molecule has 176 valence electrons. The molecule has 34 heavy (non-hydrogen) atoms. The summed E-state index contributed by atoms with van der Waals surface area (Å²) >= 11 is 0. The SMILES string of the molecule is COC(=O)CCc1c(-c2cc(C)c(O)c(C)c2)c(C#N)c2n1CCc1cc(OC)c(OC)cc1-2. The standard InChI is InChI=1S/C27H28N2O5/c1-15-10-18(11-16(2)27(15)31)25-20(14-28)26-19-13-23(33-4)22(32-3)12-17(19)8-9-29(26)21(25)6-7-24(30)34-5/h10-13,31H,6-9H2,1-5H3. The summed E-state index contributed by atoms with van der Waals surface area (Å²) in [6.45, 7) is 4.35. The van der Waals surface area contributed by atoms with Crippen LogP contribution >= 0.6 is 0 Å². The van der Waals surface area contributed by atoms with Gasteiger partial charge in [-0.2, -0.15) is 5.26 Å². The van der Waals surface area contributed by atoms with Gasteiger partial charge in [0.15, 0.2) is 11.5 Å². The van der Waals surface area contributed by atoms with Crippen molar-refractivity contribution in [2.24, 2.45) is 0 Å². The Labute approximate surface area is 199 Å². The number of rotatable bonds is 6. The molecule has 7 heteroatoms. The van der Waals surface area contributed by atoms with E-state index in [1.165, 1.54) is 7.11 Å². The summed E-state index contributed by atoms with van der Waals surface area (Å²) in [6.07, 6.45) is 1.38. The molecule has 0 amide bonds. The van der Waals surface area contributed by atoms with Crippen LogP contribution in [0.5, 0.6) is 17.2 Å².